The predicted molar refractivity (Wildman–Crippen MR) is 101 cm³/mol. The van der Waals surface area contributed by atoms with Gasteiger partial charge in [0.1, 0.15) is 5.82 Å². The van der Waals surface area contributed by atoms with Gasteiger partial charge in [-0.25, -0.2) is 4.39 Å². The van der Waals surface area contributed by atoms with Gasteiger partial charge in [-0.15, -0.1) is 0 Å². The number of hydrogen-bond acceptors (Lipinski definition) is 3. The first kappa shape index (κ1) is 18.5. The molecule has 0 unspecified atom stereocenters. The van der Waals surface area contributed by atoms with Crippen LogP contribution in [0.15, 0.2) is 36.5 Å². The van der Waals surface area contributed by atoms with Crippen LogP contribution in [0.25, 0.3) is 11.3 Å². The highest BCUT2D eigenvalue weighted by Gasteiger charge is 2.20. The van der Waals surface area contributed by atoms with Gasteiger partial charge in [0.05, 0.1) is 5.69 Å². The van der Waals surface area contributed by atoms with Gasteiger partial charge in [0.25, 0.3) is 0 Å². The van der Waals surface area contributed by atoms with Crippen molar-refractivity contribution in [2.75, 3.05) is 6.54 Å². The van der Waals surface area contributed by atoms with Crippen molar-refractivity contribution in [2.24, 2.45) is 5.73 Å². The average molecular weight is 355 g/mol. The summed E-state index contributed by atoms with van der Waals surface area (Å²) in [4.78, 5) is 18.3. The Morgan fingerprint density at radius 1 is 1.23 bits per heavy atom. The summed E-state index contributed by atoms with van der Waals surface area (Å²) in [6.07, 6.45) is 8.31. The number of benzene rings is 1. The number of amides is 1. The fraction of sp³-hybridized carbons (Fsp3) is 0.429. The highest BCUT2D eigenvalue weighted by molar-refractivity contribution is 5.94. The summed E-state index contributed by atoms with van der Waals surface area (Å²) in [5.41, 5.74) is 7.49. The molecule has 0 bridgehead atoms. The highest BCUT2D eigenvalue weighted by atomic mass is 19.1. The third kappa shape index (κ3) is 4.28. The lowest BCUT2D eigenvalue weighted by Crippen LogP contribution is -2.36. The van der Waals surface area contributed by atoms with Crippen LogP contribution in [-0.2, 0) is 6.54 Å². The van der Waals surface area contributed by atoms with E-state index in [0.29, 0.717) is 17.3 Å². The number of halogens is 1. The van der Waals surface area contributed by atoms with Crippen molar-refractivity contribution in [1.82, 2.24) is 9.88 Å². The van der Waals surface area contributed by atoms with Crippen LogP contribution in [-0.4, -0.2) is 28.4 Å². The largest absolute Gasteiger partial charge is 0.366 e. The molecular formula is C21H26FN3O. The summed E-state index contributed by atoms with van der Waals surface area (Å²) in [7, 11) is 0. The molecule has 2 aromatic rings. The van der Waals surface area contributed by atoms with E-state index in [4.69, 9.17) is 5.73 Å². The van der Waals surface area contributed by atoms with Crippen molar-refractivity contribution >= 4 is 5.91 Å². The topological polar surface area (TPSA) is 59.2 Å². The molecule has 1 saturated carbocycles. The molecule has 5 heteroatoms. The third-order valence-electron chi connectivity index (χ3n) is 5.23. The van der Waals surface area contributed by atoms with E-state index < -0.39 is 11.7 Å². The predicted octanol–water partition coefficient (Wildman–Crippen LogP) is 4.14. The Morgan fingerprint density at radius 3 is 2.62 bits per heavy atom. The van der Waals surface area contributed by atoms with Gasteiger partial charge in [0.2, 0.25) is 5.91 Å². The van der Waals surface area contributed by atoms with Crippen molar-refractivity contribution in [1.29, 1.82) is 0 Å². The number of nitrogens with two attached hydrogens (primary N) is 1. The molecule has 0 atom stereocenters. The zero-order valence-corrected chi connectivity index (χ0v) is 15.2. The standard InChI is InChI=1S/C21H26FN3O/c1-2-25(17-6-4-3-5-7-17)14-15-8-11-20(24-13-15)18-12-16(21(23)26)9-10-19(18)22/h8-13,17H,2-7,14H2,1H3,(H2,23,26). The summed E-state index contributed by atoms with van der Waals surface area (Å²) in [5, 5.41) is 0. The average Bonchev–Trinajstić information content (AvgIpc) is 2.67. The lowest BCUT2D eigenvalue weighted by molar-refractivity contribution is 0.100. The SMILES string of the molecule is CCN(Cc1ccc(-c2cc(C(N)=O)ccc2F)nc1)C1CCCCC1. The number of pyridine rings is 1. The maximum atomic E-state index is 14.1. The quantitative estimate of drug-likeness (QED) is 0.847. The summed E-state index contributed by atoms with van der Waals surface area (Å²) in [5.74, 6) is -0.985. The molecule has 4 nitrogen and oxygen atoms in total. The Balaban J connectivity index is 1.76. The van der Waals surface area contributed by atoms with Crippen LogP contribution in [0.5, 0.6) is 0 Å². The number of hydrogen-bond donors (Lipinski definition) is 1. The minimum absolute atomic E-state index is 0.279. The molecule has 1 aliphatic carbocycles. The first-order chi connectivity index (χ1) is 12.6. The Labute approximate surface area is 154 Å². The van der Waals surface area contributed by atoms with E-state index in [9.17, 15) is 9.18 Å². The summed E-state index contributed by atoms with van der Waals surface area (Å²) >= 11 is 0. The molecule has 1 heterocycles. The van der Waals surface area contributed by atoms with Crippen LogP contribution in [0, 0.1) is 5.82 Å². The van der Waals surface area contributed by atoms with Crippen LogP contribution < -0.4 is 5.73 Å². The first-order valence-electron chi connectivity index (χ1n) is 9.37. The summed E-state index contributed by atoms with van der Waals surface area (Å²) in [6, 6.07) is 8.56. The summed E-state index contributed by atoms with van der Waals surface area (Å²) < 4.78 is 14.1. The maximum Gasteiger partial charge on any atom is 0.248 e. The van der Waals surface area contributed by atoms with Gasteiger partial charge in [-0.05, 0) is 49.2 Å². The molecule has 1 aromatic heterocycles. The Morgan fingerprint density at radius 2 is 2.00 bits per heavy atom. The van der Waals surface area contributed by atoms with E-state index in [1.54, 1.807) is 6.20 Å². The van der Waals surface area contributed by atoms with Crippen molar-refractivity contribution < 1.29 is 9.18 Å². The highest BCUT2D eigenvalue weighted by Crippen LogP contribution is 2.25. The molecule has 1 aliphatic rings. The lowest BCUT2D eigenvalue weighted by Gasteiger charge is -2.33. The number of nitrogens with zero attached hydrogens (tertiary/aromatic N) is 2. The molecule has 0 radical (unpaired) electrons. The fourth-order valence-electron chi connectivity index (χ4n) is 3.73. The Hall–Kier alpha value is -2.27. The molecule has 1 fully saturated rings. The van der Waals surface area contributed by atoms with Crippen molar-refractivity contribution in [3.8, 4) is 11.3 Å². The van der Waals surface area contributed by atoms with Crippen molar-refractivity contribution in [3.05, 3.63) is 53.5 Å². The zero-order chi connectivity index (χ0) is 18.5. The molecule has 0 aliphatic heterocycles. The van der Waals surface area contributed by atoms with Crippen LogP contribution in [0.1, 0.15) is 54.9 Å². The normalized spacial score (nSPS) is 15.3. The van der Waals surface area contributed by atoms with E-state index in [-0.39, 0.29) is 5.56 Å². The van der Waals surface area contributed by atoms with E-state index in [2.05, 4.69) is 16.8 Å². The zero-order valence-electron chi connectivity index (χ0n) is 15.2. The maximum absolute atomic E-state index is 14.1. The van der Waals surface area contributed by atoms with Crippen LogP contribution in [0.2, 0.25) is 0 Å². The van der Waals surface area contributed by atoms with Crippen LogP contribution in [0.4, 0.5) is 4.39 Å². The number of rotatable bonds is 6. The van der Waals surface area contributed by atoms with E-state index in [1.807, 2.05) is 12.1 Å². The van der Waals surface area contributed by atoms with E-state index >= 15 is 0 Å². The molecular weight excluding hydrogens is 329 g/mol. The summed E-state index contributed by atoms with van der Waals surface area (Å²) in [6.45, 7) is 4.07. The van der Waals surface area contributed by atoms with Crippen molar-refractivity contribution in [2.45, 2.75) is 51.6 Å². The van der Waals surface area contributed by atoms with Crippen molar-refractivity contribution in [3.63, 3.8) is 0 Å². The molecule has 0 spiro atoms. The molecule has 3 rings (SSSR count). The minimum Gasteiger partial charge on any atom is -0.366 e. The van der Waals surface area contributed by atoms with Gasteiger partial charge < -0.3 is 5.73 Å². The molecule has 2 N–H and O–H groups in total. The lowest BCUT2D eigenvalue weighted by atomic mass is 9.94. The van der Waals surface area contributed by atoms with Gasteiger partial charge in [-0.3, -0.25) is 14.7 Å². The minimum atomic E-state index is -0.575. The number of aromatic nitrogens is 1. The number of carbonyl (C=O) groups is 1. The van der Waals surface area contributed by atoms with Gasteiger partial charge in [0.15, 0.2) is 0 Å². The fourth-order valence-corrected chi connectivity index (χ4v) is 3.73. The Bertz CT molecular complexity index is 754. The number of primary amides is 1. The number of carbonyl (C=O) groups excluding carboxylic acids is 1. The molecule has 26 heavy (non-hydrogen) atoms. The van der Waals surface area contributed by atoms with E-state index in [1.165, 1.54) is 50.3 Å². The molecule has 1 aromatic carbocycles. The smallest absolute Gasteiger partial charge is 0.248 e. The molecule has 1 amide bonds. The van der Waals surface area contributed by atoms with Gasteiger partial charge in [-0.1, -0.05) is 32.3 Å². The van der Waals surface area contributed by atoms with Gasteiger partial charge >= 0.3 is 0 Å². The van der Waals surface area contributed by atoms with Crippen LogP contribution in [0.3, 0.4) is 0 Å². The molecule has 138 valence electrons. The second-order valence-corrected chi connectivity index (χ2v) is 6.97. The second kappa shape index (κ2) is 8.41. The van der Waals surface area contributed by atoms with Crippen LogP contribution >= 0.6 is 0 Å². The Kier molecular flexibility index (Phi) is 5.99. The first-order valence-corrected chi connectivity index (χ1v) is 9.37. The third-order valence-corrected chi connectivity index (χ3v) is 5.23. The molecule has 0 saturated heterocycles. The van der Waals surface area contributed by atoms with E-state index in [0.717, 1.165) is 18.7 Å². The second-order valence-electron chi connectivity index (χ2n) is 6.97. The van der Waals surface area contributed by atoms with Gasteiger partial charge in [-0.2, -0.15) is 0 Å². The monoisotopic (exact) mass is 355 g/mol. The van der Waals surface area contributed by atoms with Gasteiger partial charge in [0, 0.05) is 29.9 Å².